The van der Waals surface area contributed by atoms with Gasteiger partial charge in [-0.2, -0.15) is 13.2 Å². The summed E-state index contributed by atoms with van der Waals surface area (Å²) < 4.78 is 37.9. The van der Waals surface area contributed by atoms with Gasteiger partial charge in [0.15, 0.2) is 5.60 Å². The van der Waals surface area contributed by atoms with E-state index in [-0.39, 0.29) is 18.9 Å². The lowest BCUT2D eigenvalue weighted by atomic mass is 10.0. The molecule has 1 fully saturated rings. The number of β-amino-alcohol motifs (C(OH)–C–C–N with tert-alkyl or cyclic N) is 1. The molecular weight excluding hydrogens is 273 g/mol. The lowest BCUT2D eigenvalue weighted by Gasteiger charge is -2.25. The van der Waals surface area contributed by atoms with Crippen LogP contribution < -0.4 is 0 Å². The second-order valence-corrected chi connectivity index (χ2v) is 4.96. The SMILES string of the molecule is O=C(CCc1cccnc1)N1CCC(O)(C(F)(F)F)C1. The number of likely N-dealkylation sites (tertiary alicyclic amines) is 1. The minimum atomic E-state index is -4.70. The summed E-state index contributed by atoms with van der Waals surface area (Å²) in [5.41, 5.74) is -1.91. The topological polar surface area (TPSA) is 53.4 Å². The van der Waals surface area contributed by atoms with Gasteiger partial charge < -0.3 is 10.0 Å². The molecule has 1 saturated heterocycles. The second-order valence-electron chi connectivity index (χ2n) is 4.96. The monoisotopic (exact) mass is 288 g/mol. The Labute approximate surface area is 114 Å². The predicted molar refractivity (Wildman–Crippen MR) is 64.8 cm³/mol. The summed E-state index contributed by atoms with van der Waals surface area (Å²) in [7, 11) is 0. The number of alkyl halides is 3. The van der Waals surface area contributed by atoms with Gasteiger partial charge in [0.05, 0.1) is 6.54 Å². The first-order valence-corrected chi connectivity index (χ1v) is 6.28. The lowest BCUT2D eigenvalue weighted by molar-refractivity contribution is -0.253. The first-order chi connectivity index (χ1) is 9.32. The third-order valence-electron chi connectivity index (χ3n) is 3.48. The molecule has 110 valence electrons. The molecule has 1 N–H and O–H groups in total. The molecule has 7 heteroatoms. The van der Waals surface area contributed by atoms with Crippen LogP contribution in [-0.2, 0) is 11.2 Å². The zero-order valence-electron chi connectivity index (χ0n) is 10.7. The highest BCUT2D eigenvalue weighted by atomic mass is 19.4. The summed E-state index contributed by atoms with van der Waals surface area (Å²) in [6, 6.07) is 3.54. The predicted octanol–water partition coefficient (Wildman–Crippen LogP) is 1.54. The number of aliphatic hydroxyl groups is 1. The van der Waals surface area contributed by atoms with Gasteiger partial charge in [0.2, 0.25) is 5.91 Å². The van der Waals surface area contributed by atoms with Crippen LogP contribution in [0.15, 0.2) is 24.5 Å². The molecular formula is C13H15F3N2O2. The average Bonchev–Trinajstić information content (AvgIpc) is 2.81. The molecule has 1 aliphatic heterocycles. The van der Waals surface area contributed by atoms with E-state index in [1.54, 1.807) is 24.5 Å². The number of rotatable bonds is 3. The second kappa shape index (κ2) is 5.40. The number of amides is 1. The zero-order valence-corrected chi connectivity index (χ0v) is 10.7. The summed E-state index contributed by atoms with van der Waals surface area (Å²) >= 11 is 0. The maximum absolute atomic E-state index is 12.6. The molecule has 1 aliphatic rings. The number of hydrogen-bond acceptors (Lipinski definition) is 3. The minimum Gasteiger partial charge on any atom is -0.379 e. The maximum Gasteiger partial charge on any atom is 0.419 e. The molecule has 1 aromatic rings. The molecule has 4 nitrogen and oxygen atoms in total. The minimum absolute atomic E-state index is 0.0676. The molecule has 0 radical (unpaired) electrons. The van der Waals surface area contributed by atoms with Gasteiger partial charge in [-0.25, -0.2) is 0 Å². The Kier molecular flexibility index (Phi) is 3.99. The van der Waals surface area contributed by atoms with Crippen LogP contribution in [0.25, 0.3) is 0 Å². The summed E-state index contributed by atoms with van der Waals surface area (Å²) in [6.07, 6.45) is -1.41. The van der Waals surface area contributed by atoms with Crippen LogP contribution in [-0.4, -0.2) is 45.8 Å². The highest BCUT2D eigenvalue weighted by Crippen LogP contribution is 2.37. The van der Waals surface area contributed by atoms with E-state index in [9.17, 15) is 23.1 Å². The highest BCUT2D eigenvalue weighted by Gasteiger charge is 2.57. The molecule has 2 heterocycles. The van der Waals surface area contributed by atoms with Crippen molar-refractivity contribution >= 4 is 5.91 Å². The van der Waals surface area contributed by atoms with Crippen LogP contribution in [0.3, 0.4) is 0 Å². The Morgan fingerprint density at radius 3 is 2.80 bits per heavy atom. The first kappa shape index (κ1) is 14.8. The molecule has 1 amide bonds. The molecule has 0 aliphatic carbocycles. The number of carbonyl (C=O) groups is 1. The van der Waals surface area contributed by atoms with Crippen LogP contribution in [0.4, 0.5) is 13.2 Å². The number of hydrogen-bond donors (Lipinski definition) is 1. The number of aryl methyl sites for hydroxylation is 1. The van der Waals surface area contributed by atoms with E-state index >= 15 is 0 Å². The molecule has 0 aromatic carbocycles. The van der Waals surface area contributed by atoms with Gasteiger partial charge >= 0.3 is 6.18 Å². The van der Waals surface area contributed by atoms with E-state index < -0.39 is 24.7 Å². The van der Waals surface area contributed by atoms with E-state index in [4.69, 9.17) is 0 Å². The third-order valence-corrected chi connectivity index (χ3v) is 3.48. The van der Waals surface area contributed by atoms with Crippen molar-refractivity contribution in [2.24, 2.45) is 0 Å². The van der Waals surface area contributed by atoms with E-state index in [0.29, 0.717) is 6.42 Å². The Morgan fingerprint density at radius 2 is 2.25 bits per heavy atom. The van der Waals surface area contributed by atoms with Gasteiger partial charge in [0.25, 0.3) is 0 Å². The number of carbonyl (C=O) groups excluding carboxylic acids is 1. The van der Waals surface area contributed by atoms with Crippen molar-refractivity contribution in [3.05, 3.63) is 30.1 Å². The maximum atomic E-state index is 12.6. The number of nitrogens with zero attached hydrogens (tertiary/aromatic N) is 2. The molecule has 2 rings (SSSR count). The van der Waals surface area contributed by atoms with Crippen molar-refractivity contribution < 1.29 is 23.1 Å². The van der Waals surface area contributed by atoms with Gasteiger partial charge in [-0.1, -0.05) is 6.07 Å². The van der Waals surface area contributed by atoms with Gasteiger partial charge in [-0.05, 0) is 18.1 Å². The van der Waals surface area contributed by atoms with Gasteiger partial charge in [-0.3, -0.25) is 9.78 Å². The van der Waals surface area contributed by atoms with Crippen molar-refractivity contribution in [3.8, 4) is 0 Å². The van der Waals surface area contributed by atoms with Gasteiger partial charge in [-0.15, -0.1) is 0 Å². The van der Waals surface area contributed by atoms with Crippen LogP contribution in [0.1, 0.15) is 18.4 Å². The summed E-state index contributed by atoms with van der Waals surface area (Å²) in [5, 5.41) is 9.50. The third kappa shape index (κ3) is 3.09. The molecule has 0 bridgehead atoms. The largest absolute Gasteiger partial charge is 0.419 e. The summed E-state index contributed by atoms with van der Waals surface area (Å²) in [4.78, 5) is 16.8. The fraction of sp³-hybridized carbons (Fsp3) is 0.538. The van der Waals surface area contributed by atoms with E-state index in [0.717, 1.165) is 10.5 Å². The Morgan fingerprint density at radius 1 is 1.50 bits per heavy atom. The first-order valence-electron chi connectivity index (χ1n) is 6.28. The van der Waals surface area contributed by atoms with Crippen molar-refractivity contribution in [1.29, 1.82) is 0 Å². The average molecular weight is 288 g/mol. The Bertz CT molecular complexity index is 478. The van der Waals surface area contributed by atoms with Crippen molar-refractivity contribution in [2.45, 2.75) is 31.0 Å². The summed E-state index contributed by atoms with van der Waals surface area (Å²) in [6.45, 7) is -0.746. The van der Waals surface area contributed by atoms with E-state index in [2.05, 4.69) is 4.98 Å². The molecule has 1 aromatic heterocycles. The van der Waals surface area contributed by atoms with Gasteiger partial charge in [0.1, 0.15) is 0 Å². The fourth-order valence-electron chi connectivity index (χ4n) is 2.19. The smallest absolute Gasteiger partial charge is 0.379 e. The van der Waals surface area contributed by atoms with E-state index in [1.165, 1.54) is 0 Å². The molecule has 0 spiro atoms. The van der Waals surface area contributed by atoms with Gasteiger partial charge in [0, 0.05) is 31.8 Å². The van der Waals surface area contributed by atoms with Crippen molar-refractivity contribution in [2.75, 3.05) is 13.1 Å². The summed E-state index contributed by atoms with van der Waals surface area (Å²) in [5.74, 6) is -0.381. The lowest BCUT2D eigenvalue weighted by Crippen LogP contribution is -2.48. The normalized spacial score (nSPS) is 23.1. The number of halogens is 3. The van der Waals surface area contributed by atoms with Crippen LogP contribution >= 0.6 is 0 Å². The van der Waals surface area contributed by atoms with E-state index in [1.807, 2.05) is 0 Å². The van der Waals surface area contributed by atoms with Crippen LogP contribution in [0.5, 0.6) is 0 Å². The quantitative estimate of drug-likeness (QED) is 0.918. The number of pyridine rings is 1. The highest BCUT2D eigenvalue weighted by molar-refractivity contribution is 5.77. The standard InChI is InChI=1S/C13H15F3N2O2/c14-13(15,16)12(20)5-7-18(9-12)11(19)4-3-10-2-1-6-17-8-10/h1-2,6,8,20H,3-5,7,9H2. The number of aromatic nitrogens is 1. The van der Waals surface area contributed by atoms with Crippen molar-refractivity contribution in [1.82, 2.24) is 9.88 Å². The molecule has 1 atom stereocenters. The molecule has 0 saturated carbocycles. The zero-order chi connectivity index (χ0) is 14.8. The Balaban J connectivity index is 1.89. The van der Waals surface area contributed by atoms with Crippen molar-refractivity contribution in [3.63, 3.8) is 0 Å². The molecule has 1 unspecified atom stereocenters. The Hall–Kier alpha value is -1.63. The van der Waals surface area contributed by atoms with Crippen LogP contribution in [0.2, 0.25) is 0 Å². The fourth-order valence-corrected chi connectivity index (χ4v) is 2.19. The molecule has 20 heavy (non-hydrogen) atoms. The van der Waals surface area contributed by atoms with Crippen LogP contribution in [0, 0.1) is 0 Å².